The summed E-state index contributed by atoms with van der Waals surface area (Å²) >= 11 is 0. The van der Waals surface area contributed by atoms with Gasteiger partial charge in [-0.1, -0.05) is 17.7 Å². The highest BCUT2D eigenvalue weighted by molar-refractivity contribution is 5.39. The Morgan fingerprint density at radius 2 is 1.82 bits per heavy atom. The largest absolute Gasteiger partial charge is 0.472 e. The van der Waals surface area contributed by atoms with Gasteiger partial charge in [-0.25, -0.2) is 0 Å². The van der Waals surface area contributed by atoms with E-state index >= 15 is 0 Å². The molecule has 2 rings (SSSR count). The van der Waals surface area contributed by atoms with Crippen molar-refractivity contribution in [3.63, 3.8) is 0 Å². The molecule has 0 fully saturated rings. The summed E-state index contributed by atoms with van der Waals surface area (Å²) in [5.74, 6) is 0. The van der Waals surface area contributed by atoms with Crippen LogP contribution >= 0.6 is 0 Å². The van der Waals surface area contributed by atoms with E-state index in [1.807, 2.05) is 19.9 Å². The van der Waals surface area contributed by atoms with Crippen molar-refractivity contribution in [3.05, 3.63) is 58.5 Å². The Balaban J connectivity index is 2.27. The molecule has 0 saturated carbocycles. The Morgan fingerprint density at radius 3 is 2.35 bits per heavy atom. The Hall–Kier alpha value is -1.54. The minimum absolute atomic E-state index is 0.465. The third-order valence-corrected chi connectivity index (χ3v) is 3.08. The second-order valence-corrected chi connectivity index (χ2v) is 4.66. The number of hydrogen-bond acceptors (Lipinski definition) is 2. The molecule has 1 N–H and O–H groups in total. The minimum Gasteiger partial charge on any atom is -0.472 e. The van der Waals surface area contributed by atoms with Crippen LogP contribution in [0.15, 0.2) is 35.1 Å². The van der Waals surface area contributed by atoms with Gasteiger partial charge < -0.3 is 9.52 Å². The van der Waals surface area contributed by atoms with Crippen LogP contribution in [0, 0.1) is 20.8 Å². The molecule has 0 aliphatic rings. The summed E-state index contributed by atoms with van der Waals surface area (Å²) in [4.78, 5) is 0. The van der Waals surface area contributed by atoms with Crippen molar-refractivity contribution in [3.8, 4) is 0 Å². The van der Waals surface area contributed by atoms with E-state index in [9.17, 15) is 5.11 Å². The standard InChI is InChI=1S/C15H18O2/c1-10-6-11(2)15(12(3)7-10)14(16)8-13-4-5-17-9-13/h4-7,9,14,16H,8H2,1-3H3. The van der Waals surface area contributed by atoms with E-state index in [2.05, 4.69) is 19.1 Å². The first-order chi connectivity index (χ1) is 8.08. The first-order valence-electron chi connectivity index (χ1n) is 5.85. The summed E-state index contributed by atoms with van der Waals surface area (Å²) in [6.07, 6.45) is 3.45. The predicted molar refractivity (Wildman–Crippen MR) is 68.0 cm³/mol. The Labute approximate surface area is 102 Å². The average Bonchev–Trinajstić information content (AvgIpc) is 2.68. The summed E-state index contributed by atoms with van der Waals surface area (Å²) in [5, 5.41) is 10.3. The fourth-order valence-corrected chi connectivity index (χ4v) is 2.45. The number of rotatable bonds is 3. The molecule has 0 bridgehead atoms. The lowest BCUT2D eigenvalue weighted by Crippen LogP contribution is -2.06. The lowest BCUT2D eigenvalue weighted by molar-refractivity contribution is 0.176. The third-order valence-electron chi connectivity index (χ3n) is 3.08. The van der Waals surface area contributed by atoms with E-state index in [4.69, 9.17) is 4.42 Å². The van der Waals surface area contributed by atoms with Crippen LogP contribution in [0.2, 0.25) is 0 Å². The van der Waals surface area contributed by atoms with Crippen LogP contribution in [0.1, 0.15) is 33.9 Å². The molecule has 1 unspecified atom stereocenters. The van der Waals surface area contributed by atoms with Gasteiger partial charge in [0.2, 0.25) is 0 Å². The highest BCUT2D eigenvalue weighted by Gasteiger charge is 2.14. The van der Waals surface area contributed by atoms with Gasteiger partial charge in [0.25, 0.3) is 0 Å². The normalized spacial score (nSPS) is 12.7. The Morgan fingerprint density at radius 1 is 1.18 bits per heavy atom. The molecule has 1 atom stereocenters. The van der Waals surface area contributed by atoms with Crippen LogP contribution in [0.25, 0.3) is 0 Å². The van der Waals surface area contributed by atoms with Crippen LogP contribution in [0.5, 0.6) is 0 Å². The van der Waals surface area contributed by atoms with Crippen molar-refractivity contribution in [2.75, 3.05) is 0 Å². The van der Waals surface area contributed by atoms with E-state index in [0.29, 0.717) is 6.42 Å². The molecule has 1 heterocycles. The Kier molecular flexibility index (Phi) is 3.34. The number of furan rings is 1. The number of aliphatic hydroxyl groups is 1. The maximum atomic E-state index is 10.3. The first-order valence-corrected chi connectivity index (χ1v) is 5.85. The van der Waals surface area contributed by atoms with E-state index in [0.717, 1.165) is 22.3 Å². The van der Waals surface area contributed by atoms with Crippen molar-refractivity contribution < 1.29 is 9.52 Å². The summed E-state index contributed by atoms with van der Waals surface area (Å²) in [5.41, 5.74) is 5.60. The van der Waals surface area contributed by atoms with E-state index in [-0.39, 0.29) is 0 Å². The summed E-state index contributed by atoms with van der Waals surface area (Å²) < 4.78 is 5.02. The molecule has 1 aromatic carbocycles. The van der Waals surface area contributed by atoms with Crippen LogP contribution in [0.3, 0.4) is 0 Å². The number of aryl methyl sites for hydroxylation is 3. The SMILES string of the molecule is Cc1cc(C)c(C(O)Cc2ccoc2)c(C)c1. The molecular formula is C15H18O2. The molecule has 0 radical (unpaired) electrons. The van der Waals surface area contributed by atoms with Gasteiger partial charge in [-0.05, 0) is 49.1 Å². The number of aliphatic hydroxyl groups excluding tert-OH is 1. The molecule has 0 spiro atoms. The zero-order valence-corrected chi connectivity index (χ0v) is 10.5. The lowest BCUT2D eigenvalue weighted by atomic mass is 9.93. The highest BCUT2D eigenvalue weighted by Crippen LogP contribution is 2.26. The van der Waals surface area contributed by atoms with E-state index in [1.54, 1.807) is 12.5 Å². The fraction of sp³-hybridized carbons (Fsp3) is 0.333. The molecule has 2 nitrogen and oxygen atoms in total. The maximum absolute atomic E-state index is 10.3. The van der Waals surface area contributed by atoms with Crippen LogP contribution < -0.4 is 0 Å². The minimum atomic E-state index is -0.465. The van der Waals surface area contributed by atoms with Crippen molar-refractivity contribution in [1.82, 2.24) is 0 Å². The van der Waals surface area contributed by atoms with Crippen molar-refractivity contribution in [2.45, 2.75) is 33.3 Å². The summed E-state index contributed by atoms with van der Waals surface area (Å²) in [6, 6.07) is 6.12. The highest BCUT2D eigenvalue weighted by atomic mass is 16.3. The quantitative estimate of drug-likeness (QED) is 0.875. The molecule has 17 heavy (non-hydrogen) atoms. The van der Waals surface area contributed by atoms with Gasteiger partial charge in [0, 0.05) is 6.42 Å². The fourth-order valence-electron chi connectivity index (χ4n) is 2.45. The number of benzene rings is 1. The van der Waals surface area contributed by atoms with Gasteiger partial charge in [-0.2, -0.15) is 0 Å². The van der Waals surface area contributed by atoms with Crippen molar-refractivity contribution >= 4 is 0 Å². The maximum Gasteiger partial charge on any atom is 0.0935 e. The van der Waals surface area contributed by atoms with Crippen LogP contribution in [-0.4, -0.2) is 5.11 Å². The van der Waals surface area contributed by atoms with Gasteiger partial charge in [-0.15, -0.1) is 0 Å². The number of hydrogen-bond donors (Lipinski definition) is 1. The van der Waals surface area contributed by atoms with Crippen LogP contribution in [0.4, 0.5) is 0 Å². The molecule has 90 valence electrons. The van der Waals surface area contributed by atoms with Crippen molar-refractivity contribution in [1.29, 1.82) is 0 Å². The van der Waals surface area contributed by atoms with Crippen LogP contribution in [-0.2, 0) is 6.42 Å². The molecule has 0 saturated heterocycles. The third kappa shape index (κ3) is 2.59. The average molecular weight is 230 g/mol. The molecule has 0 aliphatic carbocycles. The van der Waals surface area contributed by atoms with Gasteiger partial charge in [0.05, 0.1) is 18.6 Å². The molecule has 0 amide bonds. The van der Waals surface area contributed by atoms with Gasteiger partial charge in [0.15, 0.2) is 0 Å². The molecular weight excluding hydrogens is 212 g/mol. The molecule has 2 heteroatoms. The molecule has 1 aromatic heterocycles. The lowest BCUT2D eigenvalue weighted by Gasteiger charge is -2.16. The first kappa shape index (κ1) is 11.9. The second kappa shape index (κ2) is 4.76. The summed E-state index contributed by atoms with van der Waals surface area (Å²) in [7, 11) is 0. The second-order valence-electron chi connectivity index (χ2n) is 4.66. The van der Waals surface area contributed by atoms with Gasteiger partial charge in [-0.3, -0.25) is 0 Å². The van der Waals surface area contributed by atoms with Gasteiger partial charge in [0.1, 0.15) is 0 Å². The molecule has 2 aromatic rings. The zero-order chi connectivity index (χ0) is 12.4. The van der Waals surface area contributed by atoms with Crippen molar-refractivity contribution in [2.24, 2.45) is 0 Å². The Bertz CT molecular complexity index is 475. The summed E-state index contributed by atoms with van der Waals surface area (Å²) in [6.45, 7) is 6.17. The smallest absolute Gasteiger partial charge is 0.0935 e. The topological polar surface area (TPSA) is 33.4 Å². The van der Waals surface area contributed by atoms with E-state index in [1.165, 1.54) is 5.56 Å². The predicted octanol–water partition coefficient (Wildman–Crippen LogP) is 3.48. The zero-order valence-electron chi connectivity index (χ0n) is 10.5. The monoisotopic (exact) mass is 230 g/mol. The van der Waals surface area contributed by atoms with E-state index < -0.39 is 6.10 Å². The van der Waals surface area contributed by atoms with Gasteiger partial charge >= 0.3 is 0 Å². The molecule has 0 aliphatic heterocycles.